The molecule has 0 heterocycles. The molecule has 0 radical (unpaired) electrons. The molecule has 190 valence electrons. The minimum absolute atomic E-state index is 0. The number of amides is 2. The number of hydrogen-bond acceptors (Lipinski definition) is 5. The quantitative estimate of drug-likeness (QED) is 0.276. The lowest BCUT2D eigenvalue weighted by Gasteiger charge is -2.21. The zero-order valence-corrected chi connectivity index (χ0v) is 22.1. The molecule has 0 aliphatic heterocycles. The van der Waals surface area contributed by atoms with Gasteiger partial charge < -0.3 is 37.5 Å². The summed E-state index contributed by atoms with van der Waals surface area (Å²) in [5.74, 6) is -1.56. The van der Waals surface area contributed by atoms with Crippen LogP contribution in [0.25, 0.3) is 0 Å². The van der Waals surface area contributed by atoms with Crippen molar-refractivity contribution >= 4 is 34.6 Å². The molecular formula is C25H31BrN2O6S. The highest BCUT2D eigenvalue weighted by Crippen LogP contribution is 2.07. The molecule has 2 atom stereocenters. The number of ketones is 1. The Balaban J connectivity index is 0.00000612. The van der Waals surface area contributed by atoms with Crippen molar-refractivity contribution in [2.24, 2.45) is 0 Å². The molecule has 0 aromatic heterocycles. The summed E-state index contributed by atoms with van der Waals surface area (Å²) in [6.45, 7) is 0.0305. The molecule has 0 aliphatic rings. The van der Waals surface area contributed by atoms with E-state index >= 15 is 0 Å². The molecule has 0 aliphatic carbocycles. The first-order chi connectivity index (χ1) is 16.2. The lowest BCUT2D eigenvalue weighted by atomic mass is 10.0. The third kappa shape index (κ3) is 11.9. The number of nitrogens with one attached hydrogen (secondary N) is 2. The van der Waals surface area contributed by atoms with Crippen molar-refractivity contribution in [2.45, 2.75) is 38.0 Å². The molecule has 0 fully saturated rings. The molecule has 2 aromatic rings. The first-order valence-corrected chi connectivity index (χ1v) is 13.1. The Bertz CT molecular complexity index is 959. The molecule has 2 rings (SSSR count). The Labute approximate surface area is 218 Å². The second kappa shape index (κ2) is 15.9. The minimum Gasteiger partial charge on any atom is -1.00 e. The van der Waals surface area contributed by atoms with E-state index in [-0.39, 0.29) is 59.5 Å². The zero-order valence-electron chi connectivity index (χ0n) is 19.7. The van der Waals surface area contributed by atoms with Crippen LogP contribution in [0.15, 0.2) is 60.7 Å². The van der Waals surface area contributed by atoms with Crippen molar-refractivity contribution in [3.8, 4) is 0 Å². The summed E-state index contributed by atoms with van der Waals surface area (Å²) in [6, 6.07) is 15.8. The van der Waals surface area contributed by atoms with Gasteiger partial charge >= 0.3 is 12.1 Å². The predicted molar refractivity (Wildman–Crippen MR) is 132 cm³/mol. The summed E-state index contributed by atoms with van der Waals surface area (Å²) in [7, 11) is -0.0803. The van der Waals surface area contributed by atoms with Gasteiger partial charge in [0.05, 0.1) is 12.5 Å². The summed E-state index contributed by atoms with van der Waals surface area (Å²) in [4.78, 5) is 49.1. The monoisotopic (exact) mass is 566 g/mol. The zero-order chi connectivity index (χ0) is 24.9. The van der Waals surface area contributed by atoms with Gasteiger partial charge in [-0.25, -0.2) is 9.59 Å². The van der Waals surface area contributed by atoms with Crippen molar-refractivity contribution in [2.75, 3.05) is 18.3 Å². The van der Waals surface area contributed by atoms with Gasteiger partial charge in [0, 0.05) is 12.8 Å². The second-order valence-electron chi connectivity index (χ2n) is 8.06. The van der Waals surface area contributed by atoms with Gasteiger partial charge in [0.15, 0.2) is 11.5 Å². The van der Waals surface area contributed by atoms with Crippen LogP contribution in [-0.4, -0.2) is 59.2 Å². The summed E-state index contributed by atoms with van der Waals surface area (Å²) in [6.07, 6.45) is 3.26. The SMILES string of the molecule is C[S+](C)CC(=O)CC[C@H](NC(=O)[C@H](Cc1ccccc1)NC(=O)OCc1ccccc1)C(=O)O.[Br-]. The number of Topliss-reactive ketones (excluding diaryl/α,β-unsaturated/α-hetero) is 1. The molecule has 0 bridgehead atoms. The average Bonchev–Trinajstić information content (AvgIpc) is 2.80. The number of carbonyl (C=O) groups is 4. The molecule has 0 saturated carbocycles. The molecule has 2 aromatic carbocycles. The van der Waals surface area contributed by atoms with E-state index in [0.29, 0.717) is 5.75 Å². The number of carboxylic acid groups (broad SMARTS) is 1. The number of alkyl carbamates (subject to hydrolysis) is 1. The first-order valence-electron chi connectivity index (χ1n) is 10.8. The molecule has 0 spiro atoms. The van der Waals surface area contributed by atoms with Crippen molar-refractivity contribution in [1.82, 2.24) is 10.6 Å². The van der Waals surface area contributed by atoms with Gasteiger partial charge in [-0.15, -0.1) is 0 Å². The van der Waals surface area contributed by atoms with Gasteiger partial charge in [-0.2, -0.15) is 0 Å². The summed E-state index contributed by atoms with van der Waals surface area (Å²) < 4.78 is 5.22. The number of aliphatic carboxylic acids is 1. The van der Waals surface area contributed by atoms with E-state index in [1.165, 1.54) is 0 Å². The molecule has 3 N–H and O–H groups in total. The van der Waals surface area contributed by atoms with Crippen LogP contribution in [0.2, 0.25) is 0 Å². The summed E-state index contributed by atoms with van der Waals surface area (Å²) in [5, 5.41) is 14.5. The summed E-state index contributed by atoms with van der Waals surface area (Å²) in [5.41, 5.74) is 1.57. The van der Waals surface area contributed by atoms with E-state index in [2.05, 4.69) is 10.6 Å². The van der Waals surface area contributed by atoms with Crippen LogP contribution in [0.4, 0.5) is 4.79 Å². The van der Waals surface area contributed by atoms with Crippen molar-refractivity contribution < 1.29 is 46.0 Å². The standard InChI is InChI=1S/C25H30N2O6S.BrH/c1-34(2)17-20(28)13-14-21(24(30)31)26-23(29)22(15-18-9-5-3-6-10-18)27-25(32)33-16-19-11-7-4-8-12-19;/h3-12,21-22H,13-17H2,1-2H3,(H2-,26,27,29,30,31,32);1H/t21-,22-;/m0./s1. The van der Waals surface area contributed by atoms with Crippen molar-refractivity contribution in [3.63, 3.8) is 0 Å². The highest BCUT2D eigenvalue weighted by atomic mass is 79.9. The largest absolute Gasteiger partial charge is 1.00 e. The van der Waals surface area contributed by atoms with E-state index in [0.717, 1.165) is 11.1 Å². The maximum absolute atomic E-state index is 13.0. The highest BCUT2D eigenvalue weighted by Gasteiger charge is 2.28. The van der Waals surface area contributed by atoms with Gasteiger partial charge in [0.1, 0.15) is 18.7 Å². The van der Waals surface area contributed by atoms with Gasteiger partial charge in [0.25, 0.3) is 0 Å². The fourth-order valence-electron chi connectivity index (χ4n) is 3.20. The van der Waals surface area contributed by atoms with E-state index in [4.69, 9.17) is 4.74 Å². The van der Waals surface area contributed by atoms with Gasteiger partial charge in [0.2, 0.25) is 5.91 Å². The number of rotatable bonds is 13. The van der Waals surface area contributed by atoms with Crippen LogP contribution in [0.1, 0.15) is 24.0 Å². The number of carboxylic acids is 1. The van der Waals surface area contributed by atoms with Crippen LogP contribution in [0.5, 0.6) is 0 Å². The molecule has 8 nitrogen and oxygen atoms in total. The van der Waals surface area contributed by atoms with E-state index in [9.17, 15) is 24.3 Å². The number of carbonyl (C=O) groups excluding carboxylic acids is 3. The normalized spacial score (nSPS) is 12.1. The number of halogens is 1. The Hall–Kier alpha value is -2.85. The van der Waals surface area contributed by atoms with Crippen molar-refractivity contribution in [1.29, 1.82) is 0 Å². The maximum Gasteiger partial charge on any atom is 0.408 e. The van der Waals surface area contributed by atoms with E-state index in [1.54, 1.807) is 36.4 Å². The van der Waals surface area contributed by atoms with Gasteiger partial charge in [-0.1, -0.05) is 60.7 Å². The van der Waals surface area contributed by atoms with Crippen LogP contribution in [-0.2, 0) is 43.0 Å². The van der Waals surface area contributed by atoms with Crippen LogP contribution >= 0.6 is 0 Å². The van der Waals surface area contributed by atoms with Gasteiger partial charge in [-0.3, -0.25) is 9.59 Å². The Morgan fingerprint density at radius 1 is 0.886 bits per heavy atom. The Morgan fingerprint density at radius 3 is 2.00 bits per heavy atom. The van der Waals surface area contributed by atoms with Crippen LogP contribution in [0.3, 0.4) is 0 Å². The third-order valence-electron chi connectivity index (χ3n) is 4.88. The fourth-order valence-corrected chi connectivity index (χ4v) is 3.98. The topological polar surface area (TPSA) is 122 Å². The smallest absolute Gasteiger partial charge is 0.408 e. The maximum atomic E-state index is 13.0. The Morgan fingerprint density at radius 2 is 1.46 bits per heavy atom. The first kappa shape index (κ1) is 30.2. The fraction of sp³-hybridized carbons (Fsp3) is 0.360. The van der Waals surface area contributed by atoms with Gasteiger partial charge in [-0.05, 0) is 28.4 Å². The number of ether oxygens (including phenoxy) is 1. The molecule has 10 heteroatoms. The van der Waals surface area contributed by atoms with E-state index in [1.807, 2.05) is 36.8 Å². The number of hydrogen-bond donors (Lipinski definition) is 3. The van der Waals surface area contributed by atoms with Crippen LogP contribution in [0, 0.1) is 0 Å². The molecule has 2 amide bonds. The predicted octanol–water partition coefficient (Wildman–Crippen LogP) is -0.675. The molecule has 0 unspecified atom stereocenters. The van der Waals surface area contributed by atoms with Crippen molar-refractivity contribution in [3.05, 3.63) is 71.8 Å². The number of benzene rings is 2. The lowest BCUT2D eigenvalue weighted by molar-refractivity contribution is -0.142. The minimum atomic E-state index is -1.24. The molecule has 0 saturated heterocycles. The Kier molecular flexibility index (Phi) is 13.7. The second-order valence-corrected chi connectivity index (χ2v) is 10.3. The summed E-state index contributed by atoms with van der Waals surface area (Å²) >= 11 is 0. The van der Waals surface area contributed by atoms with E-state index < -0.39 is 30.1 Å². The lowest BCUT2D eigenvalue weighted by Crippen LogP contribution is -3.00. The van der Waals surface area contributed by atoms with Crippen LogP contribution < -0.4 is 27.6 Å². The molecule has 35 heavy (non-hydrogen) atoms. The average molecular weight is 568 g/mol. The highest BCUT2D eigenvalue weighted by molar-refractivity contribution is 7.96. The third-order valence-corrected chi connectivity index (χ3v) is 5.78. The molecular weight excluding hydrogens is 536 g/mol.